The molecule has 0 spiro atoms. The van der Waals surface area contributed by atoms with E-state index in [0.717, 1.165) is 49.7 Å². The fraction of sp³-hybridized carbons (Fsp3) is 0.424. The topological polar surface area (TPSA) is 95.5 Å². The summed E-state index contributed by atoms with van der Waals surface area (Å²) in [5, 5.41) is 0. The molecule has 1 aromatic heterocycles. The van der Waals surface area contributed by atoms with E-state index in [1.165, 1.54) is 19.3 Å². The summed E-state index contributed by atoms with van der Waals surface area (Å²) in [5.74, 6) is -0.269. The molecule has 0 bridgehead atoms. The zero-order chi connectivity index (χ0) is 28.7. The van der Waals surface area contributed by atoms with Crippen LogP contribution in [0.25, 0.3) is 11.4 Å². The van der Waals surface area contributed by atoms with Crippen LogP contribution in [0.5, 0.6) is 5.75 Å². The monoisotopic (exact) mass is 544 g/mol. The van der Waals surface area contributed by atoms with Gasteiger partial charge in [-0.3, -0.25) is 9.59 Å². The van der Waals surface area contributed by atoms with E-state index in [-0.39, 0.29) is 11.8 Å². The summed E-state index contributed by atoms with van der Waals surface area (Å²) in [7, 11) is 0. The van der Waals surface area contributed by atoms with Crippen LogP contribution in [0.1, 0.15) is 105 Å². The Balaban J connectivity index is 1.50. The molecule has 7 nitrogen and oxygen atoms in total. The Bertz CT molecular complexity index is 1220. The van der Waals surface area contributed by atoms with Gasteiger partial charge in [-0.25, -0.2) is 14.8 Å². The lowest BCUT2D eigenvalue weighted by Crippen LogP contribution is -2.24. The summed E-state index contributed by atoms with van der Waals surface area (Å²) in [6.45, 7) is 5.87. The molecule has 7 heteroatoms. The third-order valence-electron chi connectivity index (χ3n) is 6.66. The average Bonchev–Trinajstić information content (AvgIpc) is 2.98. The molecule has 0 amide bonds. The lowest BCUT2D eigenvalue weighted by atomic mass is 10.1. The van der Waals surface area contributed by atoms with Gasteiger partial charge >= 0.3 is 11.9 Å². The van der Waals surface area contributed by atoms with Gasteiger partial charge in [0.2, 0.25) is 5.78 Å². The maximum Gasteiger partial charge on any atom is 0.343 e. The van der Waals surface area contributed by atoms with Crippen molar-refractivity contribution in [3.05, 3.63) is 77.6 Å². The third kappa shape index (κ3) is 9.70. The number of carbonyl (C=O) groups is 3. The highest BCUT2D eigenvalue weighted by atomic mass is 16.5. The molecular weight excluding hydrogens is 504 g/mol. The lowest BCUT2D eigenvalue weighted by molar-refractivity contribution is -0.146. The number of aromatic nitrogens is 2. The van der Waals surface area contributed by atoms with Crippen LogP contribution in [0, 0.1) is 0 Å². The number of rotatable bonds is 16. The van der Waals surface area contributed by atoms with Gasteiger partial charge in [0.25, 0.3) is 0 Å². The zero-order valence-electron chi connectivity index (χ0n) is 23.9. The quantitative estimate of drug-likeness (QED) is 0.0794. The molecule has 3 rings (SSSR count). The van der Waals surface area contributed by atoms with Gasteiger partial charge in [-0.2, -0.15) is 0 Å². The number of aryl methyl sites for hydroxylation is 1. The molecule has 0 N–H and O–H groups in total. The van der Waals surface area contributed by atoms with Crippen LogP contribution in [-0.4, -0.2) is 33.8 Å². The van der Waals surface area contributed by atoms with E-state index in [1.807, 2.05) is 12.4 Å². The van der Waals surface area contributed by atoms with Crippen molar-refractivity contribution in [1.29, 1.82) is 0 Å². The van der Waals surface area contributed by atoms with Crippen molar-refractivity contribution in [2.75, 3.05) is 0 Å². The molecule has 40 heavy (non-hydrogen) atoms. The van der Waals surface area contributed by atoms with Crippen LogP contribution < -0.4 is 4.74 Å². The second-order valence-electron chi connectivity index (χ2n) is 10.0. The van der Waals surface area contributed by atoms with Crippen LogP contribution in [0.2, 0.25) is 0 Å². The fourth-order valence-corrected chi connectivity index (χ4v) is 4.24. The first-order chi connectivity index (χ1) is 19.4. The van der Waals surface area contributed by atoms with Crippen molar-refractivity contribution < 1.29 is 23.9 Å². The third-order valence-corrected chi connectivity index (χ3v) is 6.66. The van der Waals surface area contributed by atoms with E-state index >= 15 is 0 Å². The predicted octanol–water partition coefficient (Wildman–Crippen LogP) is 7.57. The van der Waals surface area contributed by atoms with Gasteiger partial charge in [0.15, 0.2) is 11.9 Å². The Morgan fingerprint density at radius 1 is 0.750 bits per heavy atom. The molecule has 2 aromatic carbocycles. The van der Waals surface area contributed by atoms with Crippen molar-refractivity contribution in [3.63, 3.8) is 0 Å². The molecule has 0 saturated heterocycles. The maximum atomic E-state index is 12.7. The second-order valence-corrected chi connectivity index (χ2v) is 10.0. The summed E-state index contributed by atoms with van der Waals surface area (Å²) in [6, 6.07) is 13.2. The van der Waals surface area contributed by atoms with Gasteiger partial charge in [-0.1, -0.05) is 64.5 Å². The summed E-state index contributed by atoms with van der Waals surface area (Å²) in [5.41, 5.74) is 2.70. The number of benzene rings is 2. The molecule has 1 unspecified atom stereocenters. The SMILES string of the molecule is CCCCCCC(=O)OC(C)C(=O)c1ccc(OC(=O)c2ccc(-c3ncc(CCCCCC)cn3)cc2)cc1. The van der Waals surface area contributed by atoms with Crippen molar-refractivity contribution in [2.24, 2.45) is 0 Å². The van der Waals surface area contributed by atoms with E-state index in [1.54, 1.807) is 55.5 Å². The highest BCUT2D eigenvalue weighted by Crippen LogP contribution is 2.19. The maximum absolute atomic E-state index is 12.7. The van der Waals surface area contributed by atoms with Crippen molar-refractivity contribution in [2.45, 2.75) is 91.1 Å². The zero-order valence-corrected chi connectivity index (χ0v) is 23.9. The number of carbonyl (C=O) groups excluding carboxylic acids is 3. The number of nitrogens with zero attached hydrogens (tertiary/aromatic N) is 2. The number of ketones is 1. The van der Waals surface area contributed by atoms with Gasteiger partial charge in [-0.15, -0.1) is 0 Å². The van der Waals surface area contributed by atoms with Crippen molar-refractivity contribution in [3.8, 4) is 17.1 Å². The molecule has 0 aliphatic rings. The smallest absolute Gasteiger partial charge is 0.343 e. The first-order valence-corrected chi connectivity index (χ1v) is 14.4. The van der Waals surface area contributed by atoms with Crippen LogP contribution in [0.4, 0.5) is 0 Å². The van der Waals surface area contributed by atoms with Crippen LogP contribution in [0.3, 0.4) is 0 Å². The molecule has 0 fully saturated rings. The molecule has 1 heterocycles. The minimum atomic E-state index is -0.878. The fourth-order valence-electron chi connectivity index (χ4n) is 4.24. The van der Waals surface area contributed by atoms with Gasteiger partial charge in [0.1, 0.15) is 5.75 Å². The molecule has 0 radical (unpaired) electrons. The van der Waals surface area contributed by atoms with E-state index in [4.69, 9.17) is 9.47 Å². The highest BCUT2D eigenvalue weighted by molar-refractivity contribution is 6.00. The number of hydrogen-bond acceptors (Lipinski definition) is 7. The minimum Gasteiger partial charge on any atom is -0.454 e. The summed E-state index contributed by atoms with van der Waals surface area (Å²) in [4.78, 5) is 46.3. The van der Waals surface area contributed by atoms with Gasteiger partial charge in [-0.05, 0) is 68.1 Å². The Morgan fingerprint density at radius 3 is 1.98 bits per heavy atom. The molecule has 0 aliphatic carbocycles. The Labute approximate surface area is 237 Å². The van der Waals surface area contributed by atoms with E-state index in [0.29, 0.717) is 29.1 Å². The van der Waals surface area contributed by atoms with Crippen LogP contribution in [-0.2, 0) is 16.0 Å². The summed E-state index contributed by atoms with van der Waals surface area (Å²) >= 11 is 0. The van der Waals surface area contributed by atoms with Gasteiger partial charge < -0.3 is 9.47 Å². The number of unbranched alkanes of at least 4 members (excludes halogenated alkanes) is 6. The van der Waals surface area contributed by atoms with E-state index < -0.39 is 12.1 Å². The van der Waals surface area contributed by atoms with Gasteiger partial charge in [0.05, 0.1) is 5.56 Å². The number of hydrogen-bond donors (Lipinski definition) is 0. The van der Waals surface area contributed by atoms with E-state index in [9.17, 15) is 14.4 Å². The van der Waals surface area contributed by atoms with Crippen LogP contribution in [0.15, 0.2) is 60.9 Å². The molecule has 3 aromatic rings. The van der Waals surface area contributed by atoms with Gasteiger partial charge in [0, 0.05) is 29.9 Å². The lowest BCUT2D eigenvalue weighted by Gasteiger charge is -2.13. The second kappa shape index (κ2) is 16.3. The molecule has 0 saturated carbocycles. The Hall–Kier alpha value is -3.87. The predicted molar refractivity (Wildman–Crippen MR) is 155 cm³/mol. The number of Topliss-reactive ketones (excluding diaryl/α,β-unsaturated/α-hetero) is 1. The standard InChI is InChI=1S/C33H40N2O5/c1-4-6-8-10-12-25-22-34-32(35-23-25)27-14-16-28(17-15-27)33(38)40-29-20-18-26(19-21-29)31(37)24(3)39-30(36)13-11-9-7-5-2/h14-24H,4-13H2,1-3H3. The Morgan fingerprint density at radius 2 is 1.35 bits per heavy atom. The highest BCUT2D eigenvalue weighted by Gasteiger charge is 2.20. The molecular formula is C33H40N2O5. The Kier molecular flexibility index (Phi) is 12.5. The first-order valence-electron chi connectivity index (χ1n) is 14.4. The number of ether oxygens (including phenoxy) is 2. The largest absolute Gasteiger partial charge is 0.454 e. The molecule has 1 atom stereocenters. The summed E-state index contributed by atoms with van der Waals surface area (Å²) in [6.07, 6.45) is 12.9. The average molecular weight is 545 g/mol. The van der Waals surface area contributed by atoms with Crippen molar-refractivity contribution >= 4 is 17.7 Å². The summed E-state index contributed by atoms with van der Waals surface area (Å²) < 4.78 is 10.8. The molecule has 0 aliphatic heterocycles. The van der Waals surface area contributed by atoms with Crippen LogP contribution >= 0.6 is 0 Å². The van der Waals surface area contributed by atoms with E-state index in [2.05, 4.69) is 23.8 Å². The minimum absolute atomic E-state index is 0.304. The van der Waals surface area contributed by atoms with Crippen molar-refractivity contribution in [1.82, 2.24) is 9.97 Å². The molecule has 212 valence electrons. The normalized spacial score (nSPS) is 11.6. The number of esters is 2. The first kappa shape index (κ1) is 30.7.